The van der Waals surface area contributed by atoms with Gasteiger partial charge in [-0.05, 0) is 30.5 Å². The van der Waals surface area contributed by atoms with Crippen LogP contribution in [-0.2, 0) is 11.2 Å². The van der Waals surface area contributed by atoms with Crippen molar-refractivity contribution in [3.05, 3.63) is 35.4 Å². The van der Waals surface area contributed by atoms with Crippen LogP contribution in [0.25, 0.3) is 0 Å². The minimum absolute atomic E-state index is 0.0150. The van der Waals surface area contributed by atoms with E-state index >= 15 is 0 Å². The molecule has 0 aliphatic carbocycles. The van der Waals surface area contributed by atoms with E-state index in [-0.39, 0.29) is 5.91 Å². The summed E-state index contributed by atoms with van der Waals surface area (Å²) in [6.07, 6.45) is 1.84. The number of hydrogen-bond donors (Lipinski definition) is 1. The third-order valence-corrected chi connectivity index (χ3v) is 2.44. The van der Waals surface area contributed by atoms with Crippen molar-refractivity contribution in [2.24, 2.45) is 0 Å². The van der Waals surface area contributed by atoms with Gasteiger partial charge < -0.3 is 10.1 Å². The van der Waals surface area contributed by atoms with E-state index < -0.39 is 0 Å². The molecular weight excluding hydrogens is 202 g/mol. The van der Waals surface area contributed by atoms with Crippen molar-refractivity contribution in [1.29, 1.82) is 0 Å². The molecule has 0 radical (unpaired) electrons. The molecule has 0 heterocycles. The first-order chi connectivity index (χ1) is 7.77. The molecular formula is C13H19NO2. The van der Waals surface area contributed by atoms with Gasteiger partial charge in [0.05, 0.1) is 0 Å². The number of carbonyl (C=O) groups is 1. The van der Waals surface area contributed by atoms with Crippen molar-refractivity contribution in [2.45, 2.75) is 19.8 Å². The Morgan fingerprint density at radius 1 is 1.31 bits per heavy atom. The minimum Gasteiger partial charge on any atom is -0.385 e. The lowest BCUT2D eigenvalue weighted by Gasteiger charge is -2.05. The van der Waals surface area contributed by atoms with E-state index in [1.165, 1.54) is 5.56 Å². The Kier molecular flexibility index (Phi) is 5.57. The highest BCUT2D eigenvalue weighted by Crippen LogP contribution is 2.04. The zero-order chi connectivity index (χ0) is 11.8. The fourth-order valence-corrected chi connectivity index (χ4v) is 1.41. The molecule has 1 rings (SSSR count). The van der Waals surface area contributed by atoms with Gasteiger partial charge in [-0.3, -0.25) is 4.79 Å². The van der Waals surface area contributed by atoms with Crippen LogP contribution >= 0.6 is 0 Å². The van der Waals surface area contributed by atoms with Gasteiger partial charge in [-0.2, -0.15) is 0 Å². The summed E-state index contributed by atoms with van der Waals surface area (Å²) < 4.78 is 4.91. The number of hydrogen-bond acceptors (Lipinski definition) is 2. The highest BCUT2D eigenvalue weighted by atomic mass is 16.5. The quantitative estimate of drug-likeness (QED) is 0.746. The van der Waals surface area contributed by atoms with Crippen molar-refractivity contribution in [2.75, 3.05) is 20.3 Å². The van der Waals surface area contributed by atoms with Gasteiger partial charge in [0.15, 0.2) is 0 Å². The van der Waals surface area contributed by atoms with E-state index in [1.54, 1.807) is 7.11 Å². The molecule has 0 aromatic heterocycles. The summed E-state index contributed by atoms with van der Waals surface area (Å²) in [4.78, 5) is 11.7. The van der Waals surface area contributed by atoms with Crippen LogP contribution in [0.2, 0.25) is 0 Å². The lowest BCUT2D eigenvalue weighted by molar-refractivity contribution is 0.0948. The maximum Gasteiger partial charge on any atom is 0.251 e. The second kappa shape index (κ2) is 7.01. The predicted molar refractivity (Wildman–Crippen MR) is 64.6 cm³/mol. The molecule has 0 atom stereocenters. The Labute approximate surface area is 96.8 Å². The monoisotopic (exact) mass is 221 g/mol. The zero-order valence-electron chi connectivity index (χ0n) is 9.95. The first-order valence-corrected chi connectivity index (χ1v) is 5.64. The Balaban J connectivity index is 2.40. The number of aryl methyl sites for hydroxylation is 1. The Morgan fingerprint density at radius 2 is 2.00 bits per heavy atom. The summed E-state index contributed by atoms with van der Waals surface area (Å²) in [7, 11) is 1.66. The van der Waals surface area contributed by atoms with Crippen LogP contribution in [-0.4, -0.2) is 26.2 Å². The number of rotatable bonds is 6. The summed E-state index contributed by atoms with van der Waals surface area (Å²) >= 11 is 0. The van der Waals surface area contributed by atoms with Crippen molar-refractivity contribution in [1.82, 2.24) is 5.32 Å². The van der Waals surface area contributed by atoms with E-state index in [0.717, 1.165) is 18.4 Å². The standard InChI is InChI=1S/C13H19NO2/c1-3-11-5-7-12(8-6-11)13(15)14-9-4-10-16-2/h5-8H,3-4,9-10H2,1-2H3,(H,14,15). The van der Waals surface area contributed by atoms with Gasteiger partial charge in [0.1, 0.15) is 0 Å². The second-order valence-electron chi connectivity index (χ2n) is 3.65. The number of carbonyl (C=O) groups excluding carboxylic acids is 1. The molecule has 1 aromatic carbocycles. The van der Waals surface area contributed by atoms with Gasteiger partial charge >= 0.3 is 0 Å². The third-order valence-electron chi connectivity index (χ3n) is 2.44. The zero-order valence-corrected chi connectivity index (χ0v) is 9.95. The SMILES string of the molecule is CCc1ccc(C(=O)NCCCOC)cc1. The van der Waals surface area contributed by atoms with Gasteiger partial charge in [-0.1, -0.05) is 19.1 Å². The predicted octanol–water partition coefficient (Wildman–Crippen LogP) is 2.02. The number of amides is 1. The molecule has 16 heavy (non-hydrogen) atoms. The maximum atomic E-state index is 11.7. The van der Waals surface area contributed by atoms with Crippen molar-refractivity contribution in [3.8, 4) is 0 Å². The Hall–Kier alpha value is -1.35. The van der Waals surface area contributed by atoms with Crippen molar-refractivity contribution in [3.63, 3.8) is 0 Å². The Morgan fingerprint density at radius 3 is 2.56 bits per heavy atom. The summed E-state index contributed by atoms with van der Waals surface area (Å²) in [5.74, 6) is -0.0150. The summed E-state index contributed by atoms with van der Waals surface area (Å²) in [5, 5.41) is 2.85. The van der Waals surface area contributed by atoms with E-state index in [4.69, 9.17) is 4.74 Å². The molecule has 1 aromatic rings. The van der Waals surface area contributed by atoms with E-state index in [2.05, 4.69) is 12.2 Å². The molecule has 0 unspecified atom stereocenters. The van der Waals surface area contributed by atoms with Crippen LogP contribution < -0.4 is 5.32 Å². The number of nitrogens with one attached hydrogen (secondary N) is 1. The summed E-state index contributed by atoms with van der Waals surface area (Å²) in [5.41, 5.74) is 1.96. The van der Waals surface area contributed by atoms with Crippen molar-refractivity contribution >= 4 is 5.91 Å². The van der Waals surface area contributed by atoms with Crippen LogP contribution in [0.3, 0.4) is 0 Å². The fraction of sp³-hybridized carbons (Fsp3) is 0.462. The summed E-state index contributed by atoms with van der Waals surface area (Å²) in [6.45, 7) is 3.43. The molecule has 0 saturated heterocycles. The fourth-order valence-electron chi connectivity index (χ4n) is 1.41. The highest BCUT2D eigenvalue weighted by Gasteiger charge is 2.03. The minimum atomic E-state index is -0.0150. The molecule has 0 saturated carbocycles. The van der Waals surface area contributed by atoms with Gasteiger partial charge in [-0.25, -0.2) is 0 Å². The molecule has 3 nitrogen and oxygen atoms in total. The molecule has 0 aliphatic heterocycles. The van der Waals surface area contributed by atoms with Crippen LogP contribution in [0.1, 0.15) is 29.3 Å². The van der Waals surface area contributed by atoms with Crippen LogP contribution in [0.4, 0.5) is 0 Å². The maximum absolute atomic E-state index is 11.7. The topological polar surface area (TPSA) is 38.3 Å². The molecule has 0 aliphatic rings. The molecule has 0 bridgehead atoms. The molecule has 0 spiro atoms. The molecule has 88 valence electrons. The van der Waals surface area contributed by atoms with E-state index in [0.29, 0.717) is 13.2 Å². The second-order valence-corrected chi connectivity index (χ2v) is 3.65. The van der Waals surface area contributed by atoms with E-state index in [1.807, 2.05) is 24.3 Å². The van der Waals surface area contributed by atoms with Gasteiger partial charge in [0.2, 0.25) is 0 Å². The van der Waals surface area contributed by atoms with Gasteiger partial charge in [0, 0.05) is 25.8 Å². The molecule has 1 N–H and O–H groups in total. The average Bonchev–Trinajstić information content (AvgIpc) is 2.34. The largest absolute Gasteiger partial charge is 0.385 e. The molecule has 3 heteroatoms. The lowest BCUT2D eigenvalue weighted by Crippen LogP contribution is -2.25. The number of ether oxygens (including phenoxy) is 1. The van der Waals surface area contributed by atoms with Crippen LogP contribution in [0, 0.1) is 0 Å². The van der Waals surface area contributed by atoms with Crippen LogP contribution in [0.15, 0.2) is 24.3 Å². The van der Waals surface area contributed by atoms with Crippen LogP contribution in [0.5, 0.6) is 0 Å². The third kappa shape index (κ3) is 4.03. The Bertz CT molecular complexity index is 319. The normalized spacial score (nSPS) is 10.1. The number of methoxy groups -OCH3 is 1. The number of benzene rings is 1. The first kappa shape index (κ1) is 12.7. The smallest absolute Gasteiger partial charge is 0.251 e. The molecule has 1 amide bonds. The van der Waals surface area contributed by atoms with Gasteiger partial charge in [-0.15, -0.1) is 0 Å². The molecule has 0 fully saturated rings. The average molecular weight is 221 g/mol. The lowest BCUT2D eigenvalue weighted by atomic mass is 10.1. The van der Waals surface area contributed by atoms with Crippen molar-refractivity contribution < 1.29 is 9.53 Å². The highest BCUT2D eigenvalue weighted by molar-refractivity contribution is 5.94. The first-order valence-electron chi connectivity index (χ1n) is 5.64. The van der Waals surface area contributed by atoms with E-state index in [9.17, 15) is 4.79 Å². The summed E-state index contributed by atoms with van der Waals surface area (Å²) in [6, 6.07) is 7.71. The van der Waals surface area contributed by atoms with Gasteiger partial charge in [0.25, 0.3) is 5.91 Å².